The van der Waals surface area contributed by atoms with E-state index in [1.54, 1.807) is 6.26 Å². The largest absolute Gasteiger partial charge is 0.467 e. The highest BCUT2D eigenvalue weighted by atomic mass is 16.5. The Balaban J connectivity index is 1.60. The molecule has 1 aromatic rings. The number of guanidine groups is 1. The van der Waals surface area contributed by atoms with Crippen LogP contribution in [0.4, 0.5) is 0 Å². The number of hydrogen-bond donors (Lipinski definition) is 2. The molecule has 5 heteroatoms. The molecule has 2 rings (SSSR count). The first kappa shape index (κ1) is 16.9. The molecule has 1 aliphatic rings. The van der Waals surface area contributed by atoms with Crippen molar-refractivity contribution in [3.63, 3.8) is 0 Å². The fourth-order valence-corrected chi connectivity index (χ4v) is 2.66. The van der Waals surface area contributed by atoms with Crippen molar-refractivity contribution in [1.29, 1.82) is 0 Å². The molecule has 1 heterocycles. The van der Waals surface area contributed by atoms with Gasteiger partial charge in [0, 0.05) is 19.7 Å². The lowest BCUT2D eigenvalue weighted by Crippen LogP contribution is -2.38. The number of nitrogens with one attached hydrogen (secondary N) is 2. The van der Waals surface area contributed by atoms with Crippen LogP contribution < -0.4 is 10.6 Å². The molecule has 1 aromatic heterocycles. The molecule has 0 amide bonds. The molecule has 0 saturated heterocycles. The second-order valence-corrected chi connectivity index (χ2v) is 5.69. The Hall–Kier alpha value is -1.49. The van der Waals surface area contributed by atoms with Crippen molar-refractivity contribution in [3.8, 4) is 0 Å². The molecular weight excluding hydrogens is 278 g/mol. The molecule has 0 spiro atoms. The first-order valence-corrected chi connectivity index (χ1v) is 8.54. The van der Waals surface area contributed by atoms with Gasteiger partial charge < -0.3 is 19.8 Å². The molecule has 22 heavy (non-hydrogen) atoms. The van der Waals surface area contributed by atoms with Crippen LogP contribution in [0.2, 0.25) is 0 Å². The van der Waals surface area contributed by atoms with Crippen LogP contribution in [-0.2, 0) is 11.3 Å². The molecule has 0 atom stereocenters. The summed E-state index contributed by atoms with van der Waals surface area (Å²) in [4.78, 5) is 4.50. The zero-order valence-electron chi connectivity index (χ0n) is 13.6. The zero-order chi connectivity index (χ0) is 15.5. The van der Waals surface area contributed by atoms with Crippen LogP contribution in [0.1, 0.15) is 51.2 Å². The third kappa shape index (κ3) is 6.52. The van der Waals surface area contributed by atoms with E-state index in [0.29, 0.717) is 12.6 Å². The van der Waals surface area contributed by atoms with Crippen LogP contribution >= 0.6 is 0 Å². The summed E-state index contributed by atoms with van der Waals surface area (Å²) < 4.78 is 11.2. The molecule has 1 aliphatic carbocycles. The van der Waals surface area contributed by atoms with E-state index >= 15 is 0 Å². The van der Waals surface area contributed by atoms with Crippen LogP contribution in [-0.4, -0.2) is 31.8 Å². The number of furan rings is 1. The quantitative estimate of drug-likeness (QED) is 0.440. The Morgan fingerprint density at radius 3 is 2.91 bits per heavy atom. The molecule has 0 bridgehead atoms. The van der Waals surface area contributed by atoms with Gasteiger partial charge in [0.25, 0.3) is 0 Å². The highest BCUT2D eigenvalue weighted by Crippen LogP contribution is 2.20. The smallest absolute Gasteiger partial charge is 0.191 e. The second-order valence-electron chi connectivity index (χ2n) is 5.69. The van der Waals surface area contributed by atoms with Crippen molar-refractivity contribution in [2.75, 3.05) is 19.7 Å². The van der Waals surface area contributed by atoms with E-state index in [-0.39, 0.29) is 0 Å². The van der Waals surface area contributed by atoms with Gasteiger partial charge in [-0.15, -0.1) is 0 Å². The zero-order valence-corrected chi connectivity index (χ0v) is 13.6. The minimum absolute atomic E-state index is 0.495. The maximum Gasteiger partial charge on any atom is 0.191 e. The van der Waals surface area contributed by atoms with Gasteiger partial charge in [-0.05, 0) is 38.3 Å². The van der Waals surface area contributed by atoms with Crippen molar-refractivity contribution in [2.45, 2.75) is 58.1 Å². The molecule has 0 radical (unpaired) electrons. The Kier molecular flexibility index (Phi) is 7.88. The summed E-state index contributed by atoms with van der Waals surface area (Å²) in [5, 5.41) is 6.58. The van der Waals surface area contributed by atoms with Crippen molar-refractivity contribution in [1.82, 2.24) is 10.6 Å². The topological polar surface area (TPSA) is 58.8 Å². The first-order chi connectivity index (χ1) is 10.9. The normalized spacial score (nSPS) is 16.7. The molecule has 0 aliphatic heterocycles. The minimum Gasteiger partial charge on any atom is -0.467 e. The maximum absolute atomic E-state index is 5.93. The van der Waals surface area contributed by atoms with E-state index in [1.807, 2.05) is 12.1 Å². The van der Waals surface area contributed by atoms with E-state index in [4.69, 9.17) is 9.15 Å². The number of aliphatic imine (C=N–C) groups is 1. The predicted octanol–water partition coefficient (Wildman–Crippen LogP) is 3.07. The minimum atomic E-state index is 0.495. The predicted molar refractivity (Wildman–Crippen MR) is 89.0 cm³/mol. The average molecular weight is 307 g/mol. The molecule has 1 fully saturated rings. The first-order valence-electron chi connectivity index (χ1n) is 8.54. The molecule has 5 nitrogen and oxygen atoms in total. The van der Waals surface area contributed by atoms with Crippen LogP contribution in [0.15, 0.2) is 27.8 Å². The molecule has 1 saturated carbocycles. The Morgan fingerprint density at radius 1 is 1.32 bits per heavy atom. The van der Waals surface area contributed by atoms with Crippen LogP contribution in [0.3, 0.4) is 0 Å². The van der Waals surface area contributed by atoms with Gasteiger partial charge in [0.1, 0.15) is 12.3 Å². The van der Waals surface area contributed by atoms with E-state index in [0.717, 1.165) is 37.8 Å². The maximum atomic E-state index is 5.93. The summed E-state index contributed by atoms with van der Waals surface area (Å²) in [5.74, 6) is 1.70. The summed E-state index contributed by atoms with van der Waals surface area (Å²) in [7, 11) is 0. The molecule has 0 unspecified atom stereocenters. The summed E-state index contributed by atoms with van der Waals surface area (Å²) >= 11 is 0. The second kappa shape index (κ2) is 10.3. The molecule has 2 N–H and O–H groups in total. The third-order valence-corrected chi connectivity index (χ3v) is 3.84. The van der Waals surface area contributed by atoms with Crippen molar-refractivity contribution < 1.29 is 9.15 Å². The highest BCUT2D eigenvalue weighted by molar-refractivity contribution is 5.79. The molecule has 0 aromatic carbocycles. The Labute approximate surface area is 133 Å². The fourth-order valence-electron chi connectivity index (χ4n) is 2.66. The standard InChI is InChI=1S/C17H29N3O2/c1-2-18-17(20-14-16-10-6-12-22-16)19-11-7-13-21-15-8-4-3-5-9-15/h6,10,12,15H,2-5,7-9,11,13-14H2,1H3,(H2,18,19,20). The third-order valence-electron chi connectivity index (χ3n) is 3.84. The van der Waals surface area contributed by atoms with Gasteiger partial charge in [0.2, 0.25) is 0 Å². The van der Waals surface area contributed by atoms with Gasteiger partial charge in [-0.2, -0.15) is 0 Å². The number of nitrogens with zero attached hydrogens (tertiary/aromatic N) is 1. The van der Waals surface area contributed by atoms with Crippen molar-refractivity contribution in [2.24, 2.45) is 4.99 Å². The molecule has 124 valence electrons. The summed E-state index contributed by atoms with van der Waals surface area (Å²) in [6, 6.07) is 3.82. The van der Waals surface area contributed by atoms with Gasteiger partial charge in [0.15, 0.2) is 5.96 Å². The lowest BCUT2D eigenvalue weighted by molar-refractivity contribution is 0.0277. The van der Waals surface area contributed by atoms with Gasteiger partial charge in [0.05, 0.1) is 12.4 Å². The Morgan fingerprint density at radius 2 is 2.18 bits per heavy atom. The SMILES string of the molecule is CCNC(=NCc1ccco1)NCCCOC1CCCCC1. The highest BCUT2D eigenvalue weighted by Gasteiger charge is 2.12. The average Bonchev–Trinajstić information content (AvgIpc) is 3.06. The van der Waals surface area contributed by atoms with Crippen molar-refractivity contribution in [3.05, 3.63) is 24.2 Å². The fraction of sp³-hybridized carbons (Fsp3) is 0.706. The van der Waals surface area contributed by atoms with Gasteiger partial charge in [-0.3, -0.25) is 0 Å². The van der Waals surface area contributed by atoms with Gasteiger partial charge in [-0.25, -0.2) is 4.99 Å². The summed E-state index contributed by atoms with van der Waals surface area (Å²) in [5.41, 5.74) is 0. The van der Waals surface area contributed by atoms with Crippen LogP contribution in [0.5, 0.6) is 0 Å². The van der Waals surface area contributed by atoms with E-state index in [2.05, 4.69) is 22.5 Å². The van der Waals surface area contributed by atoms with Gasteiger partial charge in [-0.1, -0.05) is 19.3 Å². The van der Waals surface area contributed by atoms with Gasteiger partial charge >= 0.3 is 0 Å². The Bertz CT molecular complexity index is 412. The van der Waals surface area contributed by atoms with E-state index in [1.165, 1.54) is 32.1 Å². The summed E-state index contributed by atoms with van der Waals surface area (Å²) in [6.07, 6.45) is 9.67. The monoisotopic (exact) mass is 307 g/mol. The molecular formula is C17H29N3O2. The van der Waals surface area contributed by atoms with Crippen LogP contribution in [0.25, 0.3) is 0 Å². The number of ether oxygens (including phenoxy) is 1. The lowest BCUT2D eigenvalue weighted by atomic mass is 9.98. The van der Waals surface area contributed by atoms with E-state index in [9.17, 15) is 0 Å². The van der Waals surface area contributed by atoms with E-state index < -0.39 is 0 Å². The number of hydrogen-bond acceptors (Lipinski definition) is 3. The van der Waals surface area contributed by atoms with Crippen LogP contribution in [0, 0.1) is 0 Å². The van der Waals surface area contributed by atoms with Crippen molar-refractivity contribution >= 4 is 5.96 Å². The summed E-state index contributed by atoms with van der Waals surface area (Å²) in [6.45, 7) is 5.17. The lowest BCUT2D eigenvalue weighted by Gasteiger charge is -2.22. The number of rotatable bonds is 8.